The number of ether oxygens (including phenoxy) is 1. The van der Waals surface area contributed by atoms with Crippen molar-refractivity contribution in [1.29, 1.82) is 0 Å². The molecule has 0 radical (unpaired) electrons. The van der Waals surface area contributed by atoms with Gasteiger partial charge in [-0.25, -0.2) is 0 Å². The molecule has 0 aliphatic rings. The molecule has 0 aromatic rings. The second kappa shape index (κ2) is 28.2. The molecular weight excluding hydrogens is 392 g/mol. The van der Waals surface area contributed by atoms with Crippen molar-refractivity contribution in [2.24, 2.45) is 0 Å². The molecule has 32 heavy (non-hydrogen) atoms. The Morgan fingerprint density at radius 2 is 0.875 bits per heavy atom. The molecular formula is C30H58O2. The molecule has 0 saturated heterocycles. The van der Waals surface area contributed by atoms with Crippen molar-refractivity contribution >= 4 is 5.97 Å². The standard InChI is InChI=1S/C30H58O2/c1-3-5-7-9-11-12-13-14-15-16-17-18-19-20-21-22-23-24-26-28-30(31)32-29-27-25-10-8-6-4-2/h14-15H,3-13,16-29H2,1-2H3/b15-14+. The zero-order valence-corrected chi connectivity index (χ0v) is 22.1. The maximum absolute atomic E-state index is 11.7. The molecule has 0 N–H and O–H groups in total. The Morgan fingerprint density at radius 1 is 0.500 bits per heavy atom. The molecule has 2 heteroatoms. The van der Waals surface area contributed by atoms with Crippen LogP contribution >= 0.6 is 0 Å². The first kappa shape index (κ1) is 31.2. The number of hydrogen-bond acceptors (Lipinski definition) is 2. The minimum absolute atomic E-state index is 0.0135. The first-order chi connectivity index (χ1) is 15.8. The summed E-state index contributed by atoms with van der Waals surface area (Å²) in [5, 5.41) is 0. The molecule has 0 fully saturated rings. The van der Waals surface area contributed by atoms with Crippen molar-refractivity contribution in [3.05, 3.63) is 12.2 Å². The second-order valence-corrected chi connectivity index (χ2v) is 9.74. The number of rotatable bonds is 26. The molecule has 0 unspecified atom stereocenters. The topological polar surface area (TPSA) is 26.3 Å². The molecule has 0 spiro atoms. The summed E-state index contributed by atoms with van der Waals surface area (Å²) in [7, 11) is 0. The largest absolute Gasteiger partial charge is 0.466 e. The van der Waals surface area contributed by atoms with Gasteiger partial charge in [0.2, 0.25) is 0 Å². The fourth-order valence-corrected chi connectivity index (χ4v) is 4.19. The molecule has 2 nitrogen and oxygen atoms in total. The van der Waals surface area contributed by atoms with E-state index in [2.05, 4.69) is 26.0 Å². The van der Waals surface area contributed by atoms with Gasteiger partial charge in [-0.1, -0.05) is 135 Å². The lowest BCUT2D eigenvalue weighted by molar-refractivity contribution is -0.143. The normalized spacial score (nSPS) is 11.4. The van der Waals surface area contributed by atoms with E-state index in [1.54, 1.807) is 0 Å². The number of carbonyl (C=O) groups excluding carboxylic acids is 1. The quantitative estimate of drug-likeness (QED) is 0.0744. The van der Waals surface area contributed by atoms with Crippen molar-refractivity contribution in [3.63, 3.8) is 0 Å². The number of hydrogen-bond donors (Lipinski definition) is 0. The van der Waals surface area contributed by atoms with E-state index in [1.165, 1.54) is 135 Å². The van der Waals surface area contributed by atoms with Crippen LogP contribution in [0, 0.1) is 0 Å². The summed E-state index contributed by atoms with van der Waals surface area (Å²) in [5.41, 5.74) is 0. The third kappa shape index (κ3) is 27.2. The van der Waals surface area contributed by atoms with Crippen molar-refractivity contribution in [3.8, 4) is 0 Å². The molecule has 0 rings (SSSR count). The Kier molecular flexibility index (Phi) is 27.5. The van der Waals surface area contributed by atoms with Crippen molar-refractivity contribution in [2.75, 3.05) is 6.61 Å². The summed E-state index contributed by atoms with van der Waals surface area (Å²) in [6.07, 6.45) is 35.4. The maximum Gasteiger partial charge on any atom is 0.305 e. The van der Waals surface area contributed by atoms with Gasteiger partial charge in [0.1, 0.15) is 0 Å². The molecule has 190 valence electrons. The Bertz CT molecular complexity index is 388. The number of allylic oxidation sites excluding steroid dienone is 2. The van der Waals surface area contributed by atoms with Gasteiger partial charge in [0, 0.05) is 6.42 Å². The van der Waals surface area contributed by atoms with Crippen LogP contribution in [-0.2, 0) is 9.53 Å². The number of unbranched alkanes of at least 4 members (excludes halogenated alkanes) is 20. The van der Waals surface area contributed by atoms with Crippen LogP contribution in [0.3, 0.4) is 0 Å². The molecule has 0 atom stereocenters. The van der Waals surface area contributed by atoms with Crippen LogP contribution in [0.5, 0.6) is 0 Å². The Hall–Kier alpha value is -0.790. The van der Waals surface area contributed by atoms with Gasteiger partial charge in [0.25, 0.3) is 0 Å². The molecule has 0 saturated carbocycles. The molecule has 0 aliphatic heterocycles. The Morgan fingerprint density at radius 3 is 1.34 bits per heavy atom. The van der Waals surface area contributed by atoms with E-state index in [0.717, 1.165) is 12.8 Å². The van der Waals surface area contributed by atoms with Crippen LogP contribution in [0.2, 0.25) is 0 Å². The molecule has 0 aromatic carbocycles. The first-order valence-corrected chi connectivity index (χ1v) is 14.6. The summed E-state index contributed by atoms with van der Waals surface area (Å²) in [6, 6.07) is 0. The van der Waals surface area contributed by atoms with E-state index in [-0.39, 0.29) is 5.97 Å². The highest BCUT2D eigenvalue weighted by Crippen LogP contribution is 2.13. The predicted molar refractivity (Wildman–Crippen MR) is 142 cm³/mol. The monoisotopic (exact) mass is 450 g/mol. The average molecular weight is 451 g/mol. The van der Waals surface area contributed by atoms with Crippen LogP contribution in [0.4, 0.5) is 0 Å². The Balaban J connectivity index is 3.17. The molecule has 0 aliphatic carbocycles. The van der Waals surface area contributed by atoms with E-state index in [0.29, 0.717) is 13.0 Å². The van der Waals surface area contributed by atoms with Gasteiger partial charge in [0.05, 0.1) is 6.61 Å². The smallest absolute Gasteiger partial charge is 0.305 e. The summed E-state index contributed by atoms with van der Waals surface area (Å²) < 4.78 is 5.34. The highest BCUT2D eigenvalue weighted by atomic mass is 16.5. The molecule has 0 amide bonds. The summed E-state index contributed by atoms with van der Waals surface area (Å²) in [6.45, 7) is 5.14. The number of carbonyl (C=O) groups is 1. The highest BCUT2D eigenvalue weighted by molar-refractivity contribution is 5.69. The van der Waals surface area contributed by atoms with Gasteiger partial charge >= 0.3 is 5.97 Å². The third-order valence-electron chi connectivity index (χ3n) is 6.40. The fourth-order valence-electron chi connectivity index (χ4n) is 4.19. The van der Waals surface area contributed by atoms with E-state index < -0.39 is 0 Å². The van der Waals surface area contributed by atoms with Crippen LogP contribution in [-0.4, -0.2) is 12.6 Å². The van der Waals surface area contributed by atoms with Gasteiger partial charge in [-0.3, -0.25) is 4.79 Å². The maximum atomic E-state index is 11.7. The molecule has 0 bridgehead atoms. The second-order valence-electron chi connectivity index (χ2n) is 9.74. The van der Waals surface area contributed by atoms with Gasteiger partial charge in [-0.2, -0.15) is 0 Å². The van der Waals surface area contributed by atoms with Gasteiger partial charge in [0.15, 0.2) is 0 Å². The van der Waals surface area contributed by atoms with Crippen molar-refractivity contribution in [1.82, 2.24) is 0 Å². The highest BCUT2D eigenvalue weighted by Gasteiger charge is 2.02. The number of esters is 1. The summed E-state index contributed by atoms with van der Waals surface area (Å²) in [5.74, 6) is 0.0135. The van der Waals surface area contributed by atoms with E-state index in [1.807, 2.05) is 0 Å². The molecule has 0 aromatic heterocycles. The Labute approximate surface area is 202 Å². The average Bonchev–Trinajstić information content (AvgIpc) is 2.80. The van der Waals surface area contributed by atoms with Gasteiger partial charge < -0.3 is 4.74 Å². The van der Waals surface area contributed by atoms with Crippen molar-refractivity contribution < 1.29 is 9.53 Å². The van der Waals surface area contributed by atoms with Crippen LogP contribution in [0.25, 0.3) is 0 Å². The lowest BCUT2D eigenvalue weighted by Crippen LogP contribution is -2.05. The van der Waals surface area contributed by atoms with Crippen LogP contribution in [0.1, 0.15) is 168 Å². The van der Waals surface area contributed by atoms with Crippen molar-refractivity contribution in [2.45, 2.75) is 168 Å². The predicted octanol–water partition coefficient (Wildman–Crippen LogP) is 10.5. The molecule has 0 heterocycles. The van der Waals surface area contributed by atoms with E-state index >= 15 is 0 Å². The zero-order valence-electron chi connectivity index (χ0n) is 22.1. The third-order valence-corrected chi connectivity index (χ3v) is 6.40. The fraction of sp³-hybridized carbons (Fsp3) is 0.900. The van der Waals surface area contributed by atoms with Crippen LogP contribution < -0.4 is 0 Å². The summed E-state index contributed by atoms with van der Waals surface area (Å²) >= 11 is 0. The van der Waals surface area contributed by atoms with E-state index in [9.17, 15) is 4.79 Å². The minimum Gasteiger partial charge on any atom is -0.466 e. The zero-order chi connectivity index (χ0) is 23.4. The van der Waals surface area contributed by atoms with E-state index in [4.69, 9.17) is 4.74 Å². The van der Waals surface area contributed by atoms with Crippen LogP contribution in [0.15, 0.2) is 12.2 Å². The summed E-state index contributed by atoms with van der Waals surface area (Å²) in [4.78, 5) is 11.7. The van der Waals surface area contributed by atoms with Gasteiger partial charge in [-0.05, 0) is 38.5 Å². The van der Waals surface area contributed by atoms with Gasteiger partial charge in [-0.15, -0.1) is 0 Å². The lowest BCUT2D eigenvalue weighted by atomic mass is 10.1. The minimum atomic E-state index is 0.0135. The first-order valence-electron chi connectivity index (χ1n) is 14.6. The SMILES string of the molecule is CCCCCCCC/C=C/CCCCCCCCCCCC(=O)OCCCCCCCC. The lowest BCUT2D eigenvalue weighted by Gasteiger charge is -2.05.